The van der Waals surface area contributed by atoms with E-state index in [-0.39, 0.29) is 18.0 Å². The summed E-state index contributed by atoms with van der Waals surface area (Å²) in [6, 6.07) is 21.0. The van der Waals surface area contributed by atoms with Crippen LogP contribution in [0.1, 0.15) is 49.1 Å². The van der Waals surface area contributed by atoms with Crippen LogP contribution in [0.3, 0.4) is 0 Å². The minimum Gasteiger partial charge on any atom is -0.485 e. The molecule has 0 amide bonds. The summed E-state index contributed by atoms with van der Waals surface area (Å²) in [5.74, 6) is 0.560. The fourth-order valence-corrected chi connectivity index (χ4v) is 4.21. The first-order chi connectivity index (χ1) is 15.9. The first-order valence-corrected chi connectivity index (χ1v) is 11.5. The number of ether oxygens (including phenoxy) is 3. The number of anilines is 1. The molecule has 2 unspecified atom stereocenters. The molecule has 0 saturated carbocycles. The first kappa shape index (κ1) is 23.3. The summed E-state index contributed by atoms with van der Waals surface area (Å²) >= 11 is 0. The highest BCUT2D eigenvalue weighted by Gasteiger charge is 2.45. The summed E-state index contributed by atoms with van der Waals surface area (Å²) < 4.78 is 32.5. The average molecular weight is 450 g/mol. The summed E-state index contributed by atoms with van der Waals surface area (Å²) in [5, 5.41) is 3.38. The summed E-state index contributed by atoms with van der Waals surface area (Å²) in [7, 11) is 0. The minimum absolute atomic E-state index is 0.236. The number of halogens is 1. The fraction of sp³-hybridized carbons (Fsp3) is 0.357. The fourth-order valence-electron chi connectivity index (χ4n) is 4.21. The Hall–Kier alpha value is -2.89. The molecule has 33 heavy (non-hydrogen) atoms. The predicted molar refractivity (Wildman–Crippen MR) is 129 cm³/mol. The van der Waals surface area contributed by atoms with Gasteiger partial charge in [-0.05, 0) is 69.2 Å². The van der Waals surface area contributed by atoms with Crippen molar-refractivity contribution in [1.82, 2.24) is 0 Å². The third-order valence-electron chi connectivity index (χ3n) is 5.93. The van der Waals surface area contributed by atoms with E-state index in [0.717, 1.165) is 28.1 Å². The number of rotatable bonds is 8. The minimum atomic E-state index is -0.561. The van der Waals surface area contributed by atoms with E-state index in [9.17, 15) is 4.39 Å². The Kier molecular flexibility index (Phi) is 7.01. The quantitative estimate of drug-likeness (QED) is 0.422. The van der Waals surface area contributed by atoms with Crippen molar-refractivity contribution in [2.24, 2.45) is 0 Å². The van der Waals surface area contributed by atoms with E-state index in [1.807, 2.05) is 45.0 Å². The number of hydrogen-bond acceptors (Lipinski definition) is 4. The topological polar surface area (TPSA) is 39.7 Å². The Morgan fingerprint density at radius 2 is 1.76 bits per heavy atom. The largest absolute Gasteiger partial charge is 0.485 e. The van der Waals surface area contributed by atoms with Crippen molar-refractivity contribution in [2.75, 3.05) is 11.9 Å². The third kappa shape index (κ3) is 5.55. The van der Waals surface area contributed by atoms with Gasteiger partial charge in [-0.25, -0.2) is 4.39 Å². The van der Waals surface area contributed by atoms with E-state index in [0.29, 0.717) is 19.8 Å². The molecular formula is C28H32FNO3. The van der Waals surface area contributed by atoms with Crippen LogP contribution in [0.25, 0.3) is 0 Å². The second-order valence-corrected chi connectivity index (χ2v) is 9.03. The molecule has 0 bridgehead atoms. The van der Waals surface area contributed by atoms with Crippen LogP contribution in [-0.2, 0) is 22.6 Å². The lowest BCUT2D eigenvalue weighted by molar-refractivity contribution is -0.165. The van der Waals surface area contributed by atoms with Crippen LogP contribution in [-0.4, -0.2) is 18.3 Å². The highest BCUT2D eigenvalue weighted by Crippen LogP contribution is 2.44. The highest BCUT2D eigenvalue weighted by molar-refractivity contribution is 5.54. The van der Waals surface area contributed by atoms with Gasteiger partial charge < -0.3 is 19.5 Å². The molecule has 0 aromatic heterocycles. The molecule has 4 rings (SSSR count). The molecule has 1 N–H and O–H groups in total. The molecule has 1 aliphatic heterocycles. The van der Waals surface area contributed by atoms with Crippen LogP contribution in [0.4, 0.5) is 10.1 Å². The second-order valence-electron chi connectivity index (χ2n) is 9.03. The molecule has 3 aromatic carbocycles. The second kappa shape index (κ2) is 9.94. The maximum Gasteiger partial charge on any atom is 0.132 e. The Morgan fingerprint density at radius 3 is 2.48 bits per heavy atom. The van der Waals surface area contributed by atoms with Crippen LogP contribution in [0.15, 0.2) is 66.7 Å². The van der Waals surface area contributed by atoms with Crippen molar-refractivity contribution in [3.8, 4) is 5.75 Å². The third-order valence-corrected chi connectivity index (χ3v) is 5.93. The molecule has 174 valence electrons. The van der Waals surface area contributed by atoms with E-state index < -0.39 is 5.60 Å². The van der Waals surface area contributed by atoms with Crippen molar-refractivity contribution in [3.05, 3.63) is 94.8 Å². The summed E-state index contributed by atoms with van der Waals surface area (Å²) in [6.07, 6.45) is -0.556. The van der Waals surface area contributed by atoms with Crippen molar-refractivity contribution in [3.63, 3.8) is 0 Å². The van der Waals surface area contributed by atoms with E-state index >= 15 is 0 Å². The maximum atomic E-state index is 13.5. The monoisotopic (exact) mass is 449 g/mol. The zero-order valence-electron chi connectivity index (χ0n) is 19.7. The van der Waals surface area contributed by atoms with Crippen molar-refractivity contribution in [1.29, 1.82) is 0 Å². The molecular weight excluding hydrogens is 417 g/mol. The summed E-state index contributed by atoms with van der Waals surface area (Å²) in [4.78, 5) is 0. The van der Waals surface area contributed by atoms with Gasteiger partial charge in [0.05, 0.1) is 6.61 Å². The molecule has 2 atom stereocenters. The Morgan fingerprint density at radius 1 is 0.970 bits per heavy atom. The molecule has 0 fully saturated rings. The van der Waals surface area contributed by atoms with Crippen LogP contribution in [0.5, 0.6) is 5.75 Å². The van der Waals surface area contributed by atoms with Crippen LogP contribution in [0, 0.1) is 12.7 Å². The van der Waals surface area contributed by atoms with Gasteiger partial charge in [0.2, 0.25) is 0 Å². The lowest BCUT2D eigenvalue weighted by Crippen LogP contribution is -2.51. The molecule has 0 saturated heterocycles. The van der Waals surface area contributed by atoms with Gasteiger partial charge in [0.15, 0.2) is 0 Å². The van der Waals surface area contributed by atoms with Crippen LogP contribution in [0.2, 0.25) is 0 Å². The Labute approximate surface area is 195 Å². The molecule has 1 aliphatic rings. The normalized spacial score (nSPS) is 18.9. The summed E-state index contributed by atoms with van der Waals surface area (Å²) in [5.41, 5.74) is 4.53. The van der Waals surface area contributed by atoms with Crippen molar-refractivity contribution < 1.29 is 18.6 Å². The van der Waals surface area contributed by atoms with Crippen molar-refractivity contribution in [2.45, 2.75) is 58.7 Å². The van der Waals surface area contributed by atoms with Gasteiger partial charge >= 0.3 is 0 Å². The van der Waals surface area contributed by atoms with Crippen LogP contribution < -0.4 is 10.1 Å². The lowest BCUT2D eigenvalue weighted by atomic mass is 9.87. The molecule has 0 spiro atoms. The Bertz CT molecular complexity index is 1080. The number of nitrogens with one attached hydrogen (secondary N) is 1. The molecule has 3 aromatic rings. The molecule has 0 radical (unpaired) electrons. The molecule has 4 nitrogen and oxygen atoms in total. The predicted octanol–water partition coefficient (Wildman–Crippen LogP) is 6.58. The SMILES string of the molecule is CCOC1c2cc(NCc3cccc(F)c3)ccc2OC(C)(C)C1OCc1ccc(C)cc1. The zero-order chi connectivity index (χ0) is 23.4. The van der Waals surface area contributed by atoms with E-state index in [4.69, 9.17) is 14.2 Å². The molecule has 1 heterocycles. The van der Waals surface area contributed by atoms with Gasteiger partial charge in [-0.15, -0.1) is 0 Å². The van der Waals surface area contributed by atoms with Crippen molar-refractivity contribution >= 4 is 5.69 Å². The molecule has 0 aliphatic carbocycles. The van der Waals surface area contributed by atoms with Crippen LogP contribution >= 0.6 is 0 Å². The number of fused-ring (bicyclic) bond motifs is 1. The smallest absolute Gasteiger partial charge is 0.132 e. The highest BCUT2D eigenvalue weighted by atomic mass is 19.1. The van der Waals surface area contributed by atoms with Gasteiger partial charge in [0.1, 0.15) is 29.4 Å². The van der Waals surface area contributed by atoms with Gasteiger partial charge in [0.25, 0.3) is 0 Å². The van der Waals surface area contributed by atoms with Gasteiger partial charge in [-0.1, -0.05) is 42.0 Å². The van der Waals surface area contributed by atoms with Gasteiger partial charge in [-0.2, -0.15) is 0 Å². The van der Waals surface area contributed by atoms with E-state index in [2.05, 4.69) is 36.5 Å². The standard InChI is InChI=1S/C28H32FNO3/c1-5-31-26-24-16-23(30-17-21-7-6-8-22(29)15-21)13-14-25(24)33-28(3,4)27(26)32-18-20-11-9-19(2)10-12-20/h6-16,26-27,30H,5,17-18H2,1-4H3. The lowest BCUT2D eigenvalue weighted by Gasteiger charge is -2.44. The molecule has 5 heteroatoms. The van der Waals surface area contributed by atoms with E-state index in [1.54, 1.807) is 6.07 Å². The van der Waals surface area contributed by atoms with Gasteiger partial charge in [-0.3, -0.25) is 0 Å². The number of hydrogen-bond donors (Lipinski definition) is 1. The zero-order valence-corrected chi connectivity index (χ0v) is 19.7. The van der Waals surface area contributed by atoms with E-state index in [1.165, 1.54) is 17.7 Å². The summed E-state index contributed by atoms with van der Waals surface area (Å²) in [6.45, 7) is 9.71. The average Bonchev–Trinajstić information content (AvgIpc) is 2.78. The Balaban J connectivity index is 1.55. The first-order valence-electron chi connectivity index (χ1n) is 11.5. The van der Waals surface area contributed by atoms with Gasteiger partial charge in [0, 0.05) is 24.4 Å². The maximum absolute atomic E-state index is 13.5. The number of aryl methyl sites for hydroxylation is 1. The number of benzene rings is 3.